The van der Waals surface area contributed by atoms with E-state index in [1.54, 1.807) is 19.4 Å². The Morgan fingerprint density at radius 3 is 3.00 bits per heavy atom. The molecule has 1 saturated heterocycles. The number of amides is 1. The van der Waals surface area contributed by atoms with Crippen LogP contribution in [0.25, 0.3) is 6.08 Å². The van der Waals surface area contributed by atoms with Crippen LogP contribution >= 0.6 is 11.8 Å². The zero-order valence-corrected chi connectivity index (χ0v) is 13.6. The minimum atomic E-state index is -0.0830. The number of pyridine rings is 1. The number of nitrogens with zero attached hydrogens (tertiary/aromatic N) is 3. The SMILES string of the molecule is CN1C(=O)/C(=C/c2ccc3c(c2)OCO3)SC1=Nc1cccnc1. The van der Waals surface area contributed by atoms with Crippen LogP contribution in [0.15, 0.2) is 52.6 Å². The maximum Gasteiger partial charge on any atom is 0.266 e. The lowest BCUT2D eigenvalue weighted by atomic mass is 10.2. The summed E-state index contributed by atoms with van der Waals surface area (Å²) in [6, 6.07) is 9.25. The van der Waals surface area contributed by atoms with Gasteiger partial charge in [-0.25, -0.2) is 4.99 Å². The highest BCUT2D eigenvalue weighted by atomic mass is 32.2. The highest BCUT2D eigenvalue weighted by Crippen LogP contribution is 2.36. The van der Waals surface area contributed by atoms with Crippen LogP contribution in [0.4, 0.5) is 5.69 Å². The van der Waals surface area contributed by atoms with E-state index in [4.69, 9.17) is 9.47 Å². The van der Waals surface area contributed by atoms with E-state index in [1.165, 1.54) is 16.7 Å². The molecule has 0 N–H and O–H groups in total. The number of aliphatic imine (C=N–C) groups is 1. The zero-order chi connectivity index (χ0) is 16.5. The molecule has 2 aromatic rings. The van der Waals surface area contributed by atoms with Crippen LogP contribution in [-0.2, 0) is 4.79 Å². The number of likely N-dealkylation sites (N-methyl/N-ethyl adjacent to an activating group) is 1. The predicted octanol–water partition coefficient (Wildman–Crippen LogP) is 3.04. The van der Waals surface area contributed by atoms with Gasteiger partial charge in [0, 0.05) is 13.2 Å². The highest BCUT2D eigenvalue weighted by molar-refractivity contribution is 8.18. The molecular formula is C17H13N3O3S. The van der Waals surface area contributed by atoms with Crippen LogP contribution in [0.2, 0.25) is 0 Å². The Morgan fingerprint density at radius 2 is 2.17 bits per heavy atom. The normalized spacial score (nSPS) is 19.5. The Hall–Kier alpha value is -2.80. The van der Waals surface area contributed by atoms with Crippen molar-refractivity contribution in [3.05, 3.63) is 53.2 Å². The summed E-state index contributed by atoms with van der Waals surface area (Å²) in [4.78, 5) is 23.1. The molecule has 1 fully saturated rings. The van der Waals surface area contributed by atoms with E-state index in [0.717, 1.165) is 11.3 Å². The molecule has 3 heterocycles. The van der Waals surface area contributed by atoms with E-state index in [1.807, 2.05) is 36.4 Å². The molecule has 2 aliphatic heterocycles. The molecule has 120 valence electrons. The lowest BCUT2D eigenvalue weighted by Gasteiger charge is -2.06. The Morgan fingerprint density at radius 1 is 1.29 bits per heavy atom. The van der Waals surface area contributed by atoms with Gasteiger partial charge in [0.25, 0.3) is 5.91 Å². The third-order valence-electron chi connectivity index (χ3n) is 3.57. The molecule has 0 spiro atoms. The monoisotopic (exact) mass is 339 g/mol. The molecule has 2 aliphatic rings. The number of carbonyl (C=O) groups excluding carboxylic acids is 1. The second-order valence-electron chi connectivity index (χ2n) is 5.19. The largest absolute Gasteiger partial charge is 0.454 e. The molecule has 1 aromatic heterocycles. The van der Waals surface area contributed by atoms with Crippen molar-refractivity contribution in [3.63, 3.8) is 0 Å². The number of hydrogen-bond acceptors (Lipinski definition) is 6. The van der Waals surface area contributed by atoms with Crippen LogP contribution < -0.4 is 9.47 Å². The molecule has 6 nitrogen and oxygen atoms in total. The van der Waals surface area contributed by atoms with E-state index < -0.39 is 0 Å². The van der Waals surface area contributed by atoms with Gasteiger partial charge < -0.3 is 9.47 Å². The number of carbonyl (C=O) groups is 1. The minimum absolute atomic E-state index is 0.0830. The summed E-state index contributed by atoms with van der Waals surface area (Å²) in [5, 5.41) is 0.625. The fourth-order valence-electron chi connectivity index (χ4n) is 2.34. The smallest absolute Gasteiger partial charge is 0.266 e. The van der Waals surface area contributed by atoms with Gasteiger partial charge in [0.15, 0.2) is 16.7 Å². The molecule has 0 bridgehead atoms. The van der Waals surface area contributed by atoms with E-state index in [-0.39, 0.29) is 12.7 Å². The number of hydrogen-bond donors (Lipinski definition) is 0. The van der Waals surface area contributed by atoms with Crippen molar-refractivity contribution in [2.45, 2.75) is 0 Å². The number of benzene rings is 1. The first kappa shape index (κ1) is 14.8. The molecule has 0 unspecified atom stereocenters. The Bertz CT molecular complexity index is 865. The summed E-state index contributed by atoms with van der Waals surface area (Å²) < 4.78 is 10.7. The number of ether oxygens (including phenoxy) is 2. The summed E-state index contributed by atoms with van der Waals surface area (Å²) in [6.07, 6.45) is 5.17. The first-order valence-corrected chi connectivity index (χ1v) is 8.08. The third kappa shape index (κ3) is 2.74. The van der Waals surface area contributed by atoms with Gasteiger partial charge in [-0.05, 0) is 47.7 Å². The number of thioether (sulfide) groups is 1. The molecule has 4 rings (SSSR count). The standard InChI is InChI=1S/C17H13N3O3S/c1-20-16(21)15(24-17(20)19-12-3-2-6-18-9-12)8-11-4-5-13-14(7-11)23-10-22-13/h2-9H,10H2,1H3/b15-8-,19-17?. The average molecular weight is 339 g/mol. The third-order valence-corrected chi connectivity index (χ3v) is 4.63. The summed E-state index contributed by atoms with van der Waals surface area (Å²) in [6.45, 7) is 0.230. The molecule has 0 radical (unpaired) electrons. The van der Waals surface area contributed by atoms with Crippen molar-refractivity contribution >= 4 is 34.6 Å². The van der Waals surface area contributed by atoms with Gasteiger partial charge in [-0.15, -0.1) is 0 Å². The Balaban J connectivity index is 1.62. The molecule has 1 aromatic carbocycles. The fourth-order valence-corrected chi connectivity index (χ4v) is 3.32. The van der Waals surface area contributed by atoms with Gasteiger partial charge in [0.1, 0.15) is 0 Å². The second kappa shape index (κ2) is 6.01. The quantitative estimate of drug-likeness (QED) is 0.787. The first-order valence-electron chi connectivity index (χ1n) is 7.27. The molecule has 24 heavy (non-hydrogen) atoms. The summed E-state index contributed by atoms with van der Waals surface area (Å²) >= 11 is 1.34. The van der Waals surface area contributed by atoms with E-state index >= 15 is 0 Å². The molecule has 0 atom stereocenters. The molecule has 1 amide bonds. The summed E-state index contributed by atoms with van der Waals surface area (Å²) in [7, 11) is 1.71. The van der Waals surface area contributed by atoms with Gasteiger partial charge in [-0.2, -0.15) is 0 Å². The van der Waals surface area contributed by atoms with Crippen molar-refractivity contribution in [3.8, 4) is 11.5 Å². The topological polar surface area (TPSA) is 64.0 Å². The van der Waals surface area contributed by atoms with Gasteiger partial charge in [0.05, 0.1) is 16.8 Å². The van der Waals surface area contributed by atoms with Crippen LogP contribution in [0.3, 0.4) is 0 Å². The molecule has 0 aliphatic carbocycles. The van der Waals surface area contributed by atoms with Gasteiger partial charge in [-0.3, -0.25) is 14.7 Å². The van der Waals surface area contributed by atoms with Crippen LogP contribution in [0, 0.1) is 0 Å². The Kier molecular flexibility index (Phi) is 3.70. The highest BCUT2D eigenvalue weighted by Gasteiger charge is 2.30. The van der Waals surface area contributed by atoms with Gasteiger partial charge in [-0.1, -0.05) is 6.07 Å². The fraction of sp³-hybridized carbons (Fsp3) is 0.118. The Labute approximate surface area is 142 Å². The average Bonchev–Trinajstić information content (AvgIpc) is 3.16. The maximum atomic E-state index is 12.4. The van der Waals surface area contributed by atoms with E-state index in [2.05, 4.69) is 9.98 Å². The molecular weight excluding hydrogens is 326 g/mol. The number of rotatable bonds is 2. The van der Waals surface area contributed by atoms with Gasteiger partial charge >= 0.3 is 0 Å². The second-order valence-corrected chi connectivity index (χ2v) is 6.20. The van der Waals surface area contributed by atoms with E-state index in [9.17, 15) is 4.79 Å². The van der Waals surface area contributed by atoms with Crippen LogP contribution in [-0.4, -0.2) is 34.8 Å². The lowest BCUT2D eigenvalue weighted by Crippen LogP contribution is -2.23. The summed E-state index contributed by atoms with van der Waals surface area (Å²) in [5.74, 6) is 1.33. The van der Waals surface area contributed by atoms with E-state index in [0.29, 0.717) is 21.5 Å². The van der Waals surface area contributed by atoms with Gasteiger partial charge in [0.2, 0.25) is 6.79 Å². The van der Waals surface area contributed by atoms with Crippen LogP contribution in [0.5, 0.6) is 11.5 Å². The maximum absolute atomic E-state index is 12.4. The summed E-state index contributed by atoms with van der Waals surface area (Å²) in [5.41, 5.74) is 1.59. The van der Waals surface area contributed by atoms with Crippen molar-refractivity contribution in [2.75, 3.05) is 13.8 Å². The number of aromatic nitrogens is 1. The van der Waals surface area contributed by atoms with Crippen molar-refractivity contribution in [2.24, 2.45) is 4.99 Å². The zero-order valence-electron chi connectivity index (χ0n) is 12.8. The van der Waals surface area contributed by atoms with Crippen LogP contribution in [0.1, 0.15) is 5.56 Å². The number of fused-ring (bicyclic) bond motifs is 1. The minimum Gasteiger partial charge on any atom is -0.454 e. The van der Waals surface area contributed by atoms with Crippen molar-refractivity contribution < 1.29 is 14.3 Å². The lowest BCUT2D eigenvalue weighted by molar-refractivity contribution is -0.121. The molecule has 7 heteroatoms. The predicted molar refractivity (Wildman–Crippen MR) is 92.2 cm³/mol. The van der Waals surface area contributed by atoms with Crippen molar-refractivity contribution in [1.82, 2.24) is 9.88 Å². The molecule has 0 saturated carbocycles. The number of amidine groups is 1. The van der Waals surface area contributed by atoms with Crippen molar-refractivity contribution in [1.29, 1.82) is 0 Å². The first-order chi connectivity index (χ1) is 11.7.